The number of aromatic nitrogens is 4. The Balaban J connectivity index is 1.42. The van der Waals surface area contributed by atoms with Crippen molar-refractivity contribution in [3.63, 3.8) is 0 Å². The average Bonchev–Trinajstić information content (AvgIpc) is 3.16. The van der Waals surface area contributed by atoms with Gasteiger partial charge >= 0.3 is 0 Å². The minimum atomic E-state index is -0.178. The normalized spacial score (nSPS) is 10.7. The Morgan fingerprint density at radius 3 is 2.30 bits per heavy atom. The molecule has 2 aromatic heterocycles. The van der Waals surface area contributed by atoms with E-state index in [-0.39, 0.29) is 17.6 Å². The van der Waals surface area contributed by atoms with Gasteiger partial charge in [0.05, 0.1) is 11.4 Å². The molecule has 2 amide bonds. The number of rotatable bonds is 6. The third-order valence-electron chi connectivity index (χ3n) is 4.13. The first-order valence-corrected chi connectivity index (χ1v) is 10.2. The summed E-state index contributed by atoms with van der Waals surface area (Å²) >= 11 is 1.26. The molecule has 0 aliphatic carbocycles. The lowest BCUT2D eigenvalue weighted by molar-refractivity contribution is -0.114. The molecule has 9 heteroatoms. The number of nitrogens with zero attached hydrogens (tertiary/aromatic N) is 4. The second-order valence-electron chi connectivity index (χ2n) is 6.43. The SMILES string of the molecule is CC(=O)Nc1ccc(NC(=O)CSc2nnc3ccc(-c4ccccc4)nn23)cc1. The highest BCUT2D eigenvalue weighted by molar-refractivity contribution is 7.99. The molecule has 150 valence electrons. The maximum atomic E-state index is 12.3. The van der Waals surface area contributed by atoms with Gasteiger partial charge in [-0.2, -0.15) is 9.61 Å². The Hall–Kier alpha value is -3.72. The number of carbonyl (C=O) groups excluding carboxylic acids is 2. The van der Waals surface area contributed by atoms with E-state index in [4.69, 9.17) is 0 Å². The van der Waals surface area contributed by atoms with Crippen molar-refractivity contribution in [2.75, 3.05) is 16.4 Å². The van der Waals surface area contributed by atoms with Gasteiger partial charge in [-0.3, -0.25) is 9.59 Å². The lowest BCUT2D eigenvalue weighted by Gasteiger charge is -2.07. The Bertz CT molecular complexity index is 1190. The third-order valence-corrected chi connectivity index (χ3v) is 5.04. The summed E-state index contributed by atoms with van der Waals surface area (Å²) in [5.41, 5.74) is 3.72. The minimum Gasteiger partial charge on any atom is -0.326 e. The number of fused-ring (bicyclic) bond motifs is 1. The fourth-order valence-corrected chi connectivity index (χ4v) is 3.48. The maximum absolute atomic E-state index is 12.3. The third kappa shape index (κ3) is 4.64. The van der Waals surface area contributed by atoms with Crippen LogP contribution in [0.25, 0.3) is 16.9 Å². The summed E-state index contributed by atoms with van der Waals surface area (Å²) in [6.45, 7) is 1.44. The molecule has 0 radical (unpaired) electrons. The molecule has 0 saturated heterocycles. The topological polar surface area (TPSA) is 101 Å². The Morgan fingerprint density at radius 2 is 1.60 bits per heavy atom. The molecule has 8 nitrogen and oxygen atoms in total. The zero-order valence-electron chi connectivity index (χ0n) is 16.1. The highest BCUT2D eigenvalue weighted by Crippen LogP contribution is 2.21. The standard InChI is InChI=1S/C21H18N6O2S/c1-14(28)22-16-7-9-17(10-8-16)23-20(29)13-30-21-25-24-19-12-11-18(26-27(19)21)15-5-3-2-4-6-15/h2-12H,13H2,1H3,(H,22,28)(H,23,29). The van der Waals surface area contributed by atoms with Crippen molar-refractivity contribution in [1.29, 1.82) is 0 Å². The van der Waals surface area contributed by atoms with Gasteiger partial charge in [0.2, 0.25) is 17.0 Å². The number of hydrogen-bond donors (Lipinski definition) is 2. The van der Waals surface area contributed by atoms with Crippen LogP contribution in [-0.4, -0.2) is 37.4 Å². The van der Waals surface area contributed by atoms with Gasteiger partial charge in [-0.05, 0) is 36.4 Å². The van der Waals surface area contributed by atoms with Crippen molar-refractivity contribution in [3.05, 3.63) is 66.7 Å². The fourth-order valence-electron chi connectivity index (χ4n) is 2.79. The number of anilines is 2. The summed E-state index contributed by atoms with van der Waals surface area (Å²) in [5.74, 6) is -0.165. The molecule has 0 spiro atoms. The van der Waals surface area contributed by atoms with Gasteiger partial charge in [-0.1, -0.05) is 42.1 Å². The molecule has 0 fully saturated rings. The molecule has 0 unspecified atom stereocenters. The number of benzene rings is 2. The number of carbonyl (C=O) groups is 2. The molecule has 0 aliphatic heterocycles. The Labute approximate surface area is 176 Å². The summed E-state index contributed by atoms with van der Waals surface area (Å²) < 4.78 is 1.64. The van der Waals surface area contributed by atoms with Crippen LogP contribution >= 0.6 is 11.8 Å². The van der Waals surface area contributed by atoms with Gasteiger partial charge in [0.25, 0.3) is 0 Å². The van der Waals surface area contributed by atoms with Crippen LogP contribution in [0.1, 0.15) is 6.92 Å². The fraction of sp³-hybridized carbons (Fsp3) is 0.0952. The Morgan fingerprint density at radius 1 is 0.900 bits per heavy atom. The van der Waals surface area contributed by atoms with Crippen molar-refractivity contribution in [3.8, 4) is 11.3 Å². The highest BCUT2D eigenvalue weighted by atomic mass is 32.2. The van der Waals surface area contributed by atoms with Crippen LogP contribution in [0.5, 0.6) is 0 Å². The van der Waals surface area contributed by atoms with E-state index in [0.29, 0.717) is 22.2 Å². The van der Waals surface area contributed by atoms with Gasteiger partial charge in [0.15, 0.2) is 5.65 Å². The summed E-state index contributed by atoms with van der Waals surface area (Å²) in [4.78, 5) is 23.4. The first-order chi connectivity index (χ1) is 14.6. The van der Waals surface area contributed by atoms with Crippen molar-refractivity contribution in [2.45, 2.75) is 12.1 Å². The van der Waals surface area contributed by atoms with Crippen LogP contribution in [0.2, 0.25) is 0 Å². The van der Waals surface area contributed by atoms with Crippen LogP contribution < -0.4 is 10.6 Å². The quantitative estimate of drug-likeness (QED) is 0.465. The predicted molar refractivity (Wildman–Crippen MR) is 116 cm³/mol. The molecule has 0 aliphatic rings. The van der Waals surface area contributed by atoms with Gasteiger partial charge in [-0.25, -0.2) is 0 Å². The molecule has 0 saturated carbocycles. The number of amides is 2. The van der Waals surface area contributed by atoms with E-state index in [9.17, 15) is 9.59 Å². The van der Waals surface area contributed by atoms with E-state index in [0.717, 1.165) is 11.3 Å². The van der Waals surface area contributed by atoms with Gasteiger partial charge < -0.3 is 10.6 Å². The van der Waals surface area contributed by atoms with Crippen molar-refractivity contribution >= 4 is 40.6 Å². The smallest absolute Gasteiger partial charge is 0.234 e. The largest absolute Gasteiger partial charge is 0.326 e. The van der Waals surface area contributed by atoms with E-state index in [1.54, 1.807) is 28.8 Å². The first-order valence-electron chi connectivity index (χ1n) is 9.17. The van der Waals surface area contributed by atoms with E-state index < -0.39 is 0 Å². The van der Waals surface area contributed by atoms with Crippen LogP contribution in [0.4, 0.5) is 11.4 Å². The van der Waals surface area contributed by atoms with E-state index in [1.165, 1.54) is 18.7 Å². The van der Waals surface area contributed by atoms with Crippen molar-refractivity contribution in [1.82, 2.24) is 19.8 Å². The molecule has 2 N–H and O–H groups in total. The van der Waals surface area contributed by atoms with Crippen LogP contribution in [-0.2, 0) is 9.59 Å². The van der Waals surface area contributed by atoms with Crippen LogP contribution in [0.3, 0.4) is 0 Å². The average molecular weight is 418 g/mol. The molecule has 2 aromatic carbocycles. The van der Waals surface area contributed by atoms with E-state index >= 15 is 0 Å². The summed E-state index contributed by atoms with van der Waals surface area (Å²) in [6.07, 6.45) is 0. The summed E-state index contributed by atoms with van der Waals surface area (Å²) in [6, 6.07) is 20.5. The second-order valence-corrected chi connectivity index (χ2v) is 7.38. The van der Waals surface area contributed by atoms with Crippen LogP contribution in [0.15, 0.2) is 71.9 Å². The molecule has 4 aromatic rings. The minimum absolute atomic E-state index is 0.146. The number of thioether (sulfide) groups is 1. The molecular formula is C21H18N6O2S. The van der Waals surface area contributed by atoms with E-state index in [2.05, 4.69) is 25.9 Å². The molecule has 4 rings (SSSR count). The lowest BCUT2D eigenvalue weighted by atomic mass is 10.1. The summed E-state index contributed by atoms with van der Waals surface area (Å²) in [7, 11) is 0. The number of hydrogen-bond acceptors (Lipinski definition) is 6. The summed E-state index contributed by atoms with van der Waals surface area (Å²) in [5, 5.41) is 18.9. The molecule has 30 heavy (non-hydrogen) atoms. The lowest BCUT2D eigenvalue weighted by Crippen LogP contribution is -2.14. The Kier molecular flexibility index (Phi) is 5.71. The van der Waals surface area contributed by atoms with Crippen molar-refractivity contribution in [2.24, 2.45) is 0 Å². The highest BCUT2D eigenvalue weighted by Gasteiger charge is 2.12. The predicted octanol–water partition coefficient (Wildman–Crippen LogP) is 3.48. The van der Waals surface area contributed by atoms with E-state index in [1.807, 2.05) is 42.5 Å². The van der Waals surface area contributed by atoms with Crippen LogP contribution in [0, 0.1) is 0 Å². The monoisotopic (exact) mass is 418 g/mol. The molecule has 2 heterocycles. The second kappa shape index (κ2) is 8.75. The molecule has 0 bridgehead atoms. The number of nitrogens with one attached hydrogen (secondary N) is 2. The molecular weight excluding hydrogens is 400 g/mol. The maximum Gasteiger partial charge on any atom is 0.234 e. The first kappa shape index (κ1) is 19.6. The van der Waals surface area contributed by atoms with Crippen molar-refractivity contribution < 1.29 is 9.59 Å². The zero-order chi connectivity index (χ0) is 20.9. The van der Waals surface area contributed by atoms with Gasteiger partial charge in [-0.15, -0.1) is 10.2 Å². The zero-order valence-corrected chi connectivity index (χ0v) is 16.9. The van der Waals surface area contributed by atoms with Gasteiger partial charge in [0.1, 0.15) is 0 Å². The molecule has 0 atom stereocenters. The van der Waals surface area contributed by atoms with Gasteiger partial charge in [0, 0.05) is 23.9 Å².